The van der Waals surface area contributed by atoms with E-state index in [1.807, 2.05) is 22.7 Å². The summed E-state index contributed by atoms with van der Waals surface area (Å²) in [6, 6.07) is 8.42. The van der Waals surface area contributed by atoms with Gasteiger partial charge in [-0.05, 0) is 97.6 Å². The van der Waals surface area contributed by atoms with Gasteiger partial charge in [-0.3, -0.25) is 0 Å². The fourth-order valence-corrected chi connectivity index (χ4v) is 12.0. The minimum Gasteiger partial charge on any atom is -0.240 e. The molecule has 0 amide bonds. The van der Waals surface area contributed by atoms with E-state index in [0.29, 0.717) is 0 Å². The van der Waals surface area contributed by atoms with Gasteiger partial charge >= 0.3 is 0 Å². The van der Waals surface area contributed by atoms with Crippen LogP contribution in [0.4, 0.5) is 0 Å². The second-order valence-corrected chi connectivity index (χ2v) is 15.7. The molecule has 6 aliphatic carbocycles. The van der Waals surface area contributed by atoms with E-state index < -0.39 is 0 Å². The lowest BCUT2D eigenvalue weighted by molar-refractivity contribution is 0.366. The quantitative estimate of drug-likeness (QED) is 0.302. The summed E-state index contributed by atoms with van der Waals surface area (Å²) in [5, 5.41) is 40.4. The zero-order chi connectivity index (χ0) is 31.5. The molecular weight excluding hydrogens is 605 g/mol. The molecule has 2 aromatic rings. The van der Waals surface area contributed by atoms with Crippen molar-refractivity contribution in [3.8, 4) is 24.3 Å². The lowest BCUT2D eigenvalue weighted by atomic mass is 9.68. The number of allylic oxidation sites excluding steroid dienone is 10. The molecule has 6 nitrogen and oxygen atoms in total. The van der Waals surface area contributed by atoms with Gasteiger partial charge in [0.25, 0.3) is 0 Å². The topological polar surface area (TPSA) is 121 Å². The third kappa shape index (κ3) is 4.20. The van der Waals surface area contributed by atoms with Crippen molar-refractivity contribution in [2.24, 2.45) is 0 Å². The molecule has 0 N–H and O–H groups in total. The van der Waals surface area contributed by atoms with E-state index in [-0.39, 0.29) is 22.0 Å². The summed E-state index contributed by atoms with van der Waals surface area (Å²) in [5.74, 6) is 0. The van der Waals surface area contributed by atoms with E-state index in [2.05, 4.69) is 36.4 Å². The van der Waals surface area contributed by atoms with Crippen molar-refractivity contribution in [1.82, 2.24) is 9.97 Å². The molecule has 2 heterocycles. The molecule has 0 bridgehead atoms. The standard InChI is InChI=1S/C38H34N6S2/c39-19-27(20-40)23-9-7-11-25(17-23)35-43-33-32(46-35)30-29(37(33)13-3-1-4-14-37)31-34(38(30)15-5-2-6-16-38)44-36(45-31)26-12-8-10-24(18-26)28(21-41)22-42/h17-18H,1-16H2. The van der Waals surface area contributed by atoms with Crippen LogP contribution in [0.5, 0.6) is 0 Å². The average Bonchev–Trinajstić information content (AvgIpc) is 3.85. The molecule has 228 valence electrons. The molecule has 6 aliphatic rings. The molecular formula is C38H34N6S2. The smallest absolute Gasteiger partial charge is 0.132 e. The van der Waals surface area contributed by atoms with E-state index in [1.165, 1.54) is 82.0 Å². The van der Waals surface area contributed by atoms with Gasteiger partial charge < -0.3 is 0 Å². The Bertz CT molecular complexity index is 1830. The Balaban J connectivity index is 1.31. The van der Waals surface area contributed by atoms with Gasteiger partial charge in [0.15, 0.2) is 0 Å². The number of hydrogen-bond donors (Lipinski definition) is 0. The fraction of sp³-hybridized carbons (Fsp3) is 0.474. The molecule has 2 saturated carbocycles. The number of thiazole rings is 2. The predicted molar refractivity (Wildman–Crippen MR) is 181 cm³/mol. The first kappa shape index (κ1) is 29.3. The Morgan fingerprint density at radius 3 is 1.30 bits per heavy atom. The van der Waals surface area contributed by atoms with Gasteiger partial charge in [-0.25, -0.2) is 9.97 Å². The van der Waals surface area contributed by atoms with Gasteiger partial charge in [-0.1, -0.05) is 50.7 Å². The van der Waals surface area contributed by atoms with Gasteiger partial charge in [-0.2, -0.15) is 21.0 Å². The zero-order valence-electron chi connectivity index (χ0n) is 26.0. The van der Waals surface area contributed by atoms with Crippen LogP contribution in [0.2, 0.25) is 0 Å². The highest BCUT2D eigenvalue weighted by molar-refractivity contribution is 7.15. The number of rotatable bonds is 2. The molecule has 0 atom stereocenters. The maximum absolute atomic E-state index is 9.55. The molecule has 0 radical (unpaired) electrons. The van der Waals surface area contributed by atoms with Crippen LogP contribution in [0.3, 0.4) is 0 Å². The highest BCUT2D eigenvalue weighted by Crippen LogP contribution is 2.70. The number of aromatic nitrogens is 2. The summed E-state index contributed by atoms with van der Waals surface area (Å²) in [7, 11) is 0. The summed E-state index contributed by atoms with van der Waals surface area (Å²) in [5.41, 5.74) is 9.96. The van der Waals surface area contributed by atoms with Crippen LogP contribution < -0.4 is 0 Å². The van der Waals surface area contributed by atoms with Crippen LogP contribution in [0.15, 0.2) is 34.4 Å². The van der Waals surface area contributed by atoms with E-state index >= 15 is 0 Å². The van der Waals surface area contributed by atoms with Crippen molar-refractivity contribution in [2.45, 2.75) is 114 Å². The van der Waals surface area contributed by atoms with Crippen LogP contribution in [0, 0.1) is 45.3 Å². The Morgan fingerprint density at radius 2 is 0.935 bits per heavy atom. The lowest BCUT2D eigenvalue weighted by Crippen LogP contribution is -2.29. The van der Waals surface area contributed by atoms with E-state index in [4.69, 9.17) is 9.97 Å². The molecule has 2 aromatic heterocycles. The molecule has 0 saturated heterocycles. The number of hydrogen-bond acceptors (Lipinski definition) is 8. The Kier molecular flexibility index (Phi) is 7.21. The summed E-state index contributed by atoms with van der Waals surface area (Å²) in [6.07, 6.45) is 21.2. The summed E-state index contributed by atoms with van der Waals surface area (Å²) in [4.78, 5) is 13.8. The van der Waals surface area contributed by atoms with E-state index in [9.17, 15) is 21.0 Å². The van der Waals surface area contributed by atoms with Gasteiger partial charge in [0.05, 0.1) is 21.1 Å². The SMILES string of the molecule is N#CC(C#N)=C1C=C(c2nc3c(s2)C2=C(c4sc(C5=CC(=C(C#N)C#N)CCC5)nc4C24CCCCC4)C32CCCCC2)CCC1. The van der Waals surface area contributed by atoms with Gasteiger partial charge in [-0.15, -0.1) is 22.7 Å². The predicted octanol–water partition coefficient (Wildman–Crippen LogP) is 9.76. The number of nitriles is 4. The lowest BCUT2D eigenvalue weighted by Gasteiger charge is -2.35. The van der Waals surface area contributed by atoms with Gasteiger partial charge in [0.1, 0.15) is 45.4 Å². The normalized spacial score (nSPS) is 22.2. The Morgan fingerprint density at radius 1 is 0.543 bits per heavy atom. The van der Waals surface area contributed by atoms with E-state index in [1.54, 1.807) is 0 Å². The number of nitrogens with zero attached hydrogens (tertiary/aromatic N) is 6. The molecule has 2 fully saturated rings. The molecule has 0 aromatic carbocycles. The minimum atomic E-state index is -0.0870. The van der Waals surface area contributed by atoms with Gasteiger partial charge in [0.2, 0.25) is 0 Å². The van der Waals surface area contributed by atoms with Crippen LogP contribution in [-0.4, -0.2) is 9.97 Å². The molecule has 2 spiro atoms. The molecule has 8 heteroatoms. The monoisotopic (exact) mass is 638 g/mol. The molecule has 8 rings (SSSR count). The largest absolute Gasteiger partial charge is 0.240 e. The summed E-state index contributed by atoms with van der Waals surface area (Å²) >= 11 is 3.71. The first-order valence-corrected chi connectivity index (χ1v) is 18.5. The molecule has 46 heavy (non-hydrogen) atoms. The van der Waals surface area contributed by atoms with Crippen molar-refractivity contribution < 1.29 is 0 Å². The van der Waals surface area contributed by atoms with E-state index in [0.717, 1.165) is 85.4 Å². The van der Waals surface area contributed by atoms with Gasteiger partial charge in [0, 0.05) is 10.8 Å². The zero-order valence-corrected chi connectivity index (χ0v) is 27.6. The third-order valence-corrected chi connectivity index (χ3v) is 13.7. The number of fused-ring (bicyclic) bond motifs is 8. The van der Waals surface area contributed by atoms with Crippen molar-refractivity contribution in [1.29, 1.82) is 21.0 Å². The first-order valence-electron chi connectivity index (χ1n) is 16.8. The molecule has 0 aliphatic heterocycles. The van der Waals surface area contributed by atoms with Crippen molar-refractivity contribution in [3.05, 3.63) is 65.6 Å². The second kappa shape index (κ2) is 11.3. The maximum Gasteiger partial charge on any atom is 0.132 e. The van der Waals surface area contributed by atoms with Crippen molar-refractivity contribution in [2.75, 3.05) is 0 Å². The highest BCUT2D eigenvalue weighted by Gasteiger charge is 2.60. The summed E-state index contributed by atoms with van der Waals surface area (Å²) < 4.78 is 0. The third-order valence-electron chi connectivity index (χ3n) is 11.4. The van der Waals surface area contributed by atoms with Crippen LogP contribution in [-0.2, 0) is 10.8 Å². The maximum atomic E-state index is 9.55. The highest BCUT2D eigenvalue weighted by atomic mass is 32.1. The first-order chi connectivity index (χ1) is 22.6. The van der Waals surface area contributed by atoms with Crippen LogP contribution in [0.1, 0.15) is 134 Å². The minimum absolute atomic E-state index is 0.0870. The van der Waals surface area contributed by atoms with Crippen molar-refractivity contribution in [3.63, 3.8) is 0 Å². The summed E-state index contributed by atoms with van der Waals surface area (Å²) in [6.45, 7) is 0. The fourth-order valence-electron chi connectivity index (χ4n) is 9.28. The molecule has 0 unspecified atom stereocenters. The van der Waals surface area contributed by atoms with Crippen LogP contribution >= 0.6 is 22.7 Å². The Hall–Kier alpha value is -4.08. The van der Waals surface area contributed by atoms with Crippen LogP contribution in [0.25, 0.3) is 22.3 Å². The Labute approximate surface area is 278 Å². The van der Waals surface area contributed by atoms with Crippen molar-refractivity contribution >= 4 is 45.0 Å². The average molecular weight is 639 g/mol. The second-order valence-electron chi connectivity index (χ2n) is 13.7.